The predicted molar refractivity (Wildman–Crippen MR) is 86.9 cm³/mol. The third-order valence-electron chi connectivity index (χ3n) is 3.62. The van der Waals surface area contributed by atoms with E-state index < -0.39 is 5.95 Å². The number of ether oxygens (including phenoxy) is 1. The first-order valence-corrected chi connectivity index (χ1v) is 7.51. The van der Waals surface area contributed by atoms with Crippen LogP contribution in [0.1, 0.15) is 5.69 Å². The Labute approximate surface area is 141 Å². The van der Waals surface area contributed by atoms with E-state index in [0.29, 0.717) is 17.2 Å². The van der Waals surface area contributed by atoms with Crippen LogP contribution in [0.3, 0.4) is 0 Å². The molecule has 4 rings (SSSR count). The lowest BCUT2D eigenvalue weighted by atomic mass is 10.1. The standard InChI is InChI=1S/C18H12F2N4O/c19-14-3-1-12(2-4-14)13-8-22-18-23-15(10-24(18)9-13)11-25-16-5-6-21-17(20)7-16/h1-10H,11H2. The average molecular weight is 338 g/mol. The number of pyridine rings is 1. The molecule has 0 aliphatic carbocycles. The van der Waals surface area contributed by atoms with Gasteiger partial charge in [0.05, 0.1) is 5.69 Å². The molecule has 0 saturated heterocycles. The summed E-state index contributed by atoms with van der Waals surface area (Å²) >= 11 is 0. The van der Waals surface area contributed by atoms with Gasteiger partial charge < -0.3 is 4.74 Å². The summed E-state index contributed by atoms with van der Waals surface area (Å²) in [7, 11) is 0. The van der Waals surface area contributed by atoms with Crippen LogP contribution >= 0.6 is 0 Å². The van der Waals surface area contributed by atoms with E-state index in [0.717, 1.165) is 11.1 Å². The van der Waals surface area contributed by atoms with Crippen LogP contribution in [0.5, 0.6) is 5.75 Å². The third-order valence-corrected chi connectivity index (χ3v) is 3.62. The first-order chi connectivity index (χ1) is 12.2. The molecule has 7 heteroatoms. The van der Waals surface area contributed by atoms with Crippen molar-refractivity contribution in [2.24, 2.45) is 0 Å². The van der Waals surface area contributed by atoms with Crippen molar-refractivity contribution in [3.05, 3.63) is 78.6 Å². The molecule has 0 radical (unpaired) electrons. The quantitative estimate of drug-likeness (QED) is 0.533. The molecule has 0 N–H and O–H groups in total. The van der Waals surface area contributed by atoms with Crippen molar-refractivity contribution >= 4 is 5.78 Å². The van der Waals surface area contributed by atoms with Gasteiger partial charge in [0.1, 0.15) is 18.2 Å². The lowest BCUT2D eigenvalue weighted by Crippen LogP contribution is -1.96. The summed E-state index contributed by atoms with van der Waals surface area (Å²) in [5.41, 5.74) is 2.35. The molecular weight excluding hydrogens is 326 g/mol. The molecule has 0 atom stereocenters. The normalized spacial score (nSPS) is 11.0. The number of nitrogens with zero attached hydrogens (tertiary/aromatic N) is 4. The lowest BCUT2D eigenvalue weighted by molar-refractivity contribution is 0.299. The van der Waals surface area contributed by atoms with Gasteiger partial charge in [-0.25, -0.2) is 19.3 Å². The van der Waals surface area contributed by atoms with Crippen molar-refractivity contribution in [3.8, 4) is 16.9 Å². The zero-order valence-corrected chi connectivity index (χ0v) is 12.9. The number of aromatic nitrogens is 4. The molecule has 0 bridgehead atoms. The fraction of sp³-hybridized carbons (Fsp3) is 0.0556. The van der Waals surface area contributed by atoms with Gasteiger partial charge in [-0.3, -0.25) is 4.40 Å². The van der Waals surface area contributed by atoms with Crippen LogP contribution in [0.4, 0.5) is 8.78 Å². The smallest absolute Gasteiger partial charge is 0.234 e. The van der Waals surface area contributed by atoms with Crippen molar-refractivity contribution in [2.45, 2.75) is 6.61 Å². The first kappa shape index (κ1) is 15.2. The Balaban J connectivity index is 1.56. The second-order valence-electron chi connectivity index (χ2n) is 5.39. The van der Waals surface area contributed by atoms with Gasteiger partial charge in [0.15, 0.2) is 0 Å². The molecule has 3 heterocycles. The van der Waals surface area contributed by atoms with E-state index in [1.54, 1.807) is 35.0 Å². The number of imidazole rings is 1. The summed E-state index contributed by atoms with van der Waals surface area (Å²) in [6.07, 6.45) is 6.66. The third kappa shape index (κ3) is 3.30. The van der Waals surface area contributed by atoms with Crippen LogP contribution in [0.2, 0.25) is 0 Å². The zero-order valence-electron chi connectivity index (χ0n) is 12.9. The number of fused-ring (bicyclic) bond motifs is 1. The Bertz CT molecular complexity index is 1030. The number of halogens is 2. The van der Waals surface area contributed by atoms with Crippen LogP contribution in [0, 0.1) is 11.8 Å². The van der Waals surface area contributed by atoms with E-state index in [4.69, 9.17) is 4.74 Å². The van der Waals surface area contributed by atoms with E-state index in [9.17, 15) is 8.78 Å². The van der Waals surface area contributed by atoms with Gasteiger partial charge >= 0.3 is 0 Å². The highest BCUT2D eigenvalue weighted by atomic mass is 19.1. The molecule has 25 heavy (non-hydrogen) atoms. The SMILES string of the molecule is Fc1ccc(-c2cnc3nc(COc4ccnc(F)c4)cn3c2)cc1. The van der Waals surface area contributed by atoms with Crippen LogP contribution < -0.4 is 4.74 Å². The van der Waals surface area contributed by atoms with Crippen LogP contribution in [-0.2, 0) is 6.61 Å². The van der Waals surface area contributed by atoms with Gasteiger partial charge in [0.25, 0.3) is 0 Å². The fourth-order valence-corrected chi connectivity index (χ4v) is 2.43. The van der Waals surface area contributed by atoms with E-state index in [-0.39, 0.29) is 12.4 Å². The van der Waals surface area contributed by atoms with Crippen LogP contribution in [0.15, 0.2) is 61.2 Å². The maximum absolute atomic E-state index is 13.0. The molecule has 5 nitrogen and oxygen atoms in total. The molecule has 0 aliphatic heterocycles. The van der Waals surface area contributed by atoms with Gasteiger partial charge in [0.2, 0.25) is 11.7 Å². The Morgan fingerprint density at radius 2 is 1.80 bits per heavy atom. The molecule has 0 aliphatic rings. The minimum absolute atomic E-state index is 0.179. The molecule has 0 amide bonds. The number of hydrogen-bond acceptors (Lipinski definition) is 4. The molecule has 0 unspecified atom stereocenters. The van der Waals surface area contributed by atoms with Gasteiger partial charge in [-0.1, -0.05) is 12.1 Å². The first-order valence-electron chi connectivity index (χ1n) is 7.51. The minimum Gasteiger partial charge on any atom is -0.487 e. The van der Waals surface area contributed by atoms with Crippen LogP contribution in [-0.4, -0.2) is 19.4 Å². The Morgan fingerprint density at radius 1 is 0.960 bits per heavy atom. The molecule has 124 valence electrons. The van der Waals surface area contributed by atoms with E-state index >= 15 is 0 Å². The monoisotopic (exact) mass is 338 g/mol. The van der Waals surface area contributed by atoms with Crippen molar-refractivity contribution in [2.75, 3.05) is 0 Å². The predicted octanol–water partition coefficient (Wildman–Crippen LogP) is 3.65. The molecule has 0 spiro atoms. The van der Waals surface area contributed by atoms with Gasteiger partial charge in [-0.2, -0.15) is 4.39 Å². The number of rotatable bonds is 4. The number of hydrogen-bond donors (Lipinski definition) is 0. The topological polar surface area (TPSA) is 52.3 Å². The second kappa shape index (κ2) is 6.27. The highest BCUT2D eigenvalue weighted by Crippen LogP contribution is 2.19. The Hall–Kier alpha value is -3.35. The summed E-state index contributed by atoms with van der Waals surface area (Å²) in [4.78, 5) is 12.1. The van der Waals surface area contributed by atoms with E-state index in [1.165, 1.54) is 24.4 Å². The fourth-order valence-electron chi connectivity index (χ4n) is 2.43. The van der Waals surface area contributed by atoms with Crippen molar-refractivity contribution in [1.29, 1.82) is 0 Å². The molecule has 0 saturated carbocycles. The van der Waals surface area contributed by atoms with Gasteiger partial charge in [-0.15, -0.1) is 0 Å². The summed E-state index contributed by atoms with van der Waals surface area (Å²) in [6, 6.07) is 8.97. The van der Waals surface area contributed by atoms with Crippen molar-refractivity contribution in [1.82, 2.24) is 19.4 Å². The lowest BCUT2D eigenvalue weighted by Gasteiger charge is -2.02. The highest BCUT2D eigenvalue weighted by molar-refractivity contribution is 5.62. The van der Waals surface area contributed by atoms with E-state index in [2.05, 4.69) is 15.0 Å². The Morgan fingerprint density at radius 3 is 2.60 bits per heavy atom. The maximum Gasteiger partial charge on any atom is 0.234 e. The van der Waals surface area contributed by atoms with Gasteiger partial charge in [0, 0.05) is 36.4 Å². The maximum atomic E-state index is 13.0. The zero-order chi connectivity index (χ0) is 17.2. The van der Waals surface area contributed by atoms with Crippen LogP contribution in [0.25, 0.3) is 16.9 Å². The molecule has 3 aromatic heterocycles. The van der Waals surface area contributed by atoms with E-state index in [1.807, 2.05) is 6.20 Å². The molecular formula is C18H12F2N4O. The summed E-state index contributed by atoms with van der Waals surface area (Å²) < 4.78 is 33.4. The largest absolute Gasteiger partial charge is 0.487 e. The second-order valence-corrected chi connectivity index (χ2v) is 5.39. The van der Waals surface area contributed by atoms with Gasteiger partial charge in [-0.05, 0) is 23.8 Å². The number of benzene rings is 1. The van der Waals surface area contributed by atoms with Crippen molar-refractivity contribution < 1.29 is 13.5 Å². The summed E-state index contributed by atoms with van der Waals surface area (Å²) in [5, 5.41) is 0. The molecule has 1 aromatic carbocycles. The van der Waals surface area contributed by atoms with Crippen molar-refractivity contribution in [3.63, 3.8) is 0 Å². The average Bonchev–Trinajstić information content (AvgIpc) is 3.03. The Kier molecular flexibility index (Phi) is 3.81. The molecule has 0 fully saturated rings. The minimum atomic E-state index is -0.599. The highest BCUT2D eigenvalue weighted by Gasteiger charge is 2.07. The molecule has 4 aromatic rings. The summed E-state index contributed by atoms with van der Waals surface area (Å²) in [5.74, 6) is 0.0143. The summed E-state index contributed by atoms with van der Waals surface area (Å²) in [6.45, 7) is 0.179.